The number of benzene rings is 2. The molecule has 0 aliphatic rings. The summed E-state index contributed by atoms with van der Waals surface area (Å²) in [5.74, 6) is 0.636. The van der Waals surface area contributed by atoms with Crippen LogP contribution in [-0.4, -0.2) is 37.4 Å². The number of hydrogen-bond acceptors (Lipinski definition) is 4. The van der Waals surface area contributed by atoms with Gasteiger partial charge in [-0.25, -0.2) is 0 Å². The van der Waals surface area contributed by atoms with Gasteiger partial charge in [0.25, 0.3) is 0 Å². The molecule has 0 saturated carbocycles. The number of likely N-dealkylation sites (N-methyl/N-ethyl adjacent to an activating group) is 1. The molecule has 0 bridgehead atoms. The molecule has 2 rings (SSSR count). The summed E-state index contributed by atoms with van der Waals surface area (Å²) in [5.41, 5.74) is 1.56. The molecule has 0 atom stereocenters. The first-order valence-corrected chi connectivity index (χ1v) is 6.52. The predicted octanol–water partition coefficient (Wildman–Crippen LogP) is 0.882. The SMILES string of the molecule is CN(CCOc1cccc(B(O)O)c1)c1ccccc1. The van der Waals surface area contributed by atoms with E-state index in [1.807, 2.05) is 37.4 Å². The van der Waals surface area contributed by atoms with Crippen LogP contribution in [0.25, 0.3) is 0 Å². The van der Waals surface area contributed by atoms with Gasteiger partial charge in [-0.1, -0.05) is 30.3 Å². The Morgan fingerprint density at radius 2 is 1.80 bits per heavy atom. The molecule has 0 radical (unpaired) electrons. The van der Waals surface area contributed by atoms with Crippen molar-refractivity contribution in [3.8, 4) is 5.75 Å². The molecule has 0 aromatic heterocycles. The third kappa shape index (κ3) is 4.01. The first kappa shape index (κ1) is 14.4. The van der Waals surface area contributed by atoms with Crippen LogP contribution in [0.2, 0.25) is 0 Å². The van der Waals surface area contributed by atoms with Gasteiger partial charge in [0.15, 0.2) is 0 Å². The van der Waals surface area contributed by atoms with E-state index in [-0.39, 0.29) is 0 Å². The van der Waals surface area contributed by atoms with E-state index in [1.54, 1.807) is 24.3 Å². The fraction of sp³-hybridized carbons (Fsp3) is 0.200. The molecule has 0 spiro atoms. The van der Waals surface area contributed by atoms with Gasteiger partial charge in [0.05, 0.1) is 6.54 Å². The highest BCUT2D eigenvalue weighted by atomic mass is 16.5. The molecular weight excluding hydrogens is 253 g/mol. The van der Waals surface area contributed by atoms with Crippen LogP contribution >= 0.6 is 0 Å². The topological polar surface area (TPSA) is 52.9 Å². The Kier molecular flexibility index (Phi) is 5.04. The van der Waals surface area contributed by atoms with E-state index >= 15 is 0 Å². The minimum absolute atomic E-state index is 0.430. The maximum absolute atomic E-state index is 9.10. The first-order chi connectivity index (χ1) is 9.66. The van der Waals surface area contributed by atoms with Crippen LogP contribution in [-0.2, 0) is 0 Å². The molecule has 104 valence electrons. The van der Waals surface area contributed by atoms with E-state index in [0.29, 0.717) is 17.8 Å². The summed E-state index contributed by atoms with van der Waals surface area (Å²) in [7, 11) is 0.539. The summed E-state index contributed by atoms with van der Waals surface area (Å²) in [6, 6.07) is 16.9. The molecule has 2 N–H and O–H groups in total. The minimum Gasteiger partial charge on any atom is -0.492 e. The fourth-order valence-corrected chi connectivity index (χ4v) is 1.88. The molecule has 2 aromatic carbocycles. The quantitative estimate of drug-likeness (QED) is 0.766. The Bertz CT molecular complexity index is 534. The Hall–Kier alpha value is -1.98. The predicted molar refractivity (Wildman–Crippen MR) is 81.5 cm³/mol. The average Bonchev–Trinajstić information content (AvgIpc) is 2.48. The highest BCUT2D eigenvalue weighted by molar-refractivity contribution is 6.58. The smallest absolute Gasteiger partial charge is 0.488 e. The second kappa shape index (κ2) is 6.98. The first-order valence-electron chi connectivity index (χ1n) is 6.52. The van der Waals surface area contributed by atoms with Crippen LogP contribution in [0, 0.1) is 0 Å². The zero-order chi connectivity index (χ0) is 14.4. The number of nitrogens with zero attached hydrogens (tertiary/aromatic N) is 1. The summed E-state index contributed by atoms with van der Waals surface area (Å²) in [6.45, 7) is 1.27. The van der Waals surface area contributed by atoms with E-state index < -0.39 is 7.12 Å². The number of hydrogen-bond donors (Lipinski definition) is 2. The lowest BCUT2D eigenvalue weighted by atomic mass is 9.80. The summed E-state index contributed by atoms with van der Waals surface area (Å²) in [4.78, 5) is 2.10. The van der Waals surface area contributed by atoms with Gasteiger partial charge in [-0.3, -0.25) is 0 Å². The lowest BCUT2D eigenvalue weighted by Crippen LogP contribution is -2.29. The van der Waals surface area contributed by atoms with E-state index in [2.05, 4.69) is 4.90 Å². The molecule has 0 fully saturated rings. The van der Waals surface area contributed by atoms with Gasteiger partial charge in [-0.15, -0.1) is 0 Å². The van der Waals surface area contributed by atoms with Gasteiger partial charge in [0, 0.05) is 12.7 Å². The number of rotatable bonds is 6. The Labute approximate surface area is 119 Å². The Morgan fingerprint density at radius 1 is 1.05 bits per heavy atom. The fourth-order valence-electron chi connectivity index (χ4n) is 1.88. The van der Waals surface area contributed by atoms with Crippen LogP contribution in [0.1, 0.15) is 0 Å². The molecule has 0 aliphatic carbocycles. The molecule has 0 heterocycles. The van der Waals surface area contributed by atoms with E-state index in [9.17, 15) is 0 Å². The van der Waals surface area contributed by atoms with Crippen molar-refractivity contribution in [3.63, 3.8) is 0 Å². The molecule has 0 aliphatic heterocycles. The second-order valence-corrected chi connectivity index (χ2v) is 4.55. The number of anilines is 1. The van der Waals surface area contributed by atoms with Crippen LogP contribution < -0.4 is 15.1 Å². The standard InChI is InChI=1S/C15H18BNO3/c1-17(14-7-3-2-4-8-14)10-11-20-15-9-5-6-13(12-15)16(18)19/h2-9,12,18-19H,10-11H2,1H3. The average molecular weight is 271 g/mol. The van der Waals surface area contributed by atoms with Gasteiger partial charge in [-0.2, -0.15) is 0 Å². The summed E-state index contributed by atoms with van der Waals surface area (Å²) >= 11 is 0. The summed E-state index contributed by atoms with van der Waals surface area (Å²) in [5, 5.41) is 18.2. The van der Waals surface area contributed by atoms with Crippen molar-refractivity contribution in [1.82, 2.24) is 0 Å². The number of ether oxygens (including phenoxy) is 1. The van der Waals surface area contributed by atoms with Crippen molar-refractivity contribution in [2.45, 2.75) is 0 Å². The van der Waals surface area contributed by atoms with Crippen LogP contribution in [0.3, 0.4) is 0 Å². The molecule has 5 heteroatoms. The van der Waals surface area contributed by atoms with Crippen molar-refractivity contribution in [2.24, 2.45) is 0 Å². The highest BCUT2D eigenvalue weighted by Gasteiger charge is 2.11. The molecule has 4 nitrogen and oxygen atoms in total. The lowest BCUT2D eigenvalue weighted by Gasteiger charge is -2.19. The molecule has 20 heavy (non-hydrogen) atoms. The maximum Gasteiger partial charge on any atom is 0.488 e. The second-order valence-electron chi connectivity index (χ2n) is 4.55. The van der Waals surface area contributed by atoms with Crippen molar-refractivity contribution in [1.29, 1.82) is 0 Å². The molecule has 0 saturated heterocycles. The molecular formula is C15H18BNO3. The van der Waals surface area contributed by atoms with Crippen LogP contribution in [0.5, 0.6) is 5.75 Å². The highest BCUT2D eigenvalue weighted by Crippen LogP contribution is 2.11. The maximum atomic E-state index is 9.10. The monoisotopic (exact) mass is 271 g/mol. The van der Waals surface area contributed by atoms with E-state index in [4.69, 9.17) is 14.8 Å². The van der Waals surface area contributed by atoms with Gasteiger partial charge in [0.1, 0.15) is 12.4 Å². The van der Waals surface area contributed by atoms with Gasteiger partial charge >= 0.3 is 7.12 Å². The van der Waals surface area contributed by atoms with Crippen molar-refractivity contribution >= 4 is 18.3 Å². The van der Waals surface area contributed by atoms with E-state index in [1.165, 1.54) is 0 Å². The normalized spacial score (nSPS) is 10.2. The number of para-hydroxylation sites is 1. The van der Waals surface area contributed by atoms with Crippen molar-refractivity contribution in [3.05, 3.63) is 54.6 Å². The molecule has 2 aromatic rings. The Morgan fingerprint density at radius 3 is 2.50 bits per heavy atom. The van der Waals surface area contributed by atoms with Crippen LogP contribution in [0.15, 0.2) is 54.6 Å². The third-order valence-electron chi connectivity index (χ3n) is 3.05. The Balaban J connectivity index is 1.85. The largest absolute Gasteiger partial charge is 0.492 e. The van der Waals surface area contributed by atoms with Gasteiger partial charge in [0.2, 0.25) is 0 Å². The zero-order valence-electron chi connectivity index (χ0n) is 11.4. The molecule has 0 unspecified atom stereocenters. The van der Waals surface area contributed by atoms with Crippen molar-refractivity contribution < 1.29 is 14.8 Å². The van der Waals surface area contributed by atoms with Gasteiger partial charge < -0.3 is 19.7 Å². The summed E-state index contributed by atoms with van der Waals surface area (Å²) < 4.78 is 5.63. The van der Waals surface area contributed by atoms with E-state index in [0.717, 1.165) is 12.2 Å². The lowest BCUT2D eigenvalue weighted by molar-refractivity contribution is 0.326. The third-order valence-corrected chi connectivity index (χ3v) is 3.05. The molecule has 0 amide bonds. The van der Waals surface area contributed by atoms with Crippen LogP contribution in [0.4, 0.5) is 5.69 Å². The van der Waals surface area contributed by atoms with Gasteiger partial charge in [-0.05, 0) is 29.7 Å². The summed E-state index contributed by atoms with van der Waals surface area (Å²) in [6.07, 6.45) is 0. The minimum atomic E-state index is -1.47. The zero-order valence-corrected chi connectivity index (χ0v) is 11.4. The van der Waals surface area contributed by atoms with Crippen molar-refractivity contribution in [2.75, 3.05) is 25.1 Å².